The predicted molar refractivity (Wildman–Crippen MR) is 124 cm³/mol. The van der Waals surface area contributed by atoms with Crippen LogP contribution < -0.4 is 0 Å². The van der Waals surface area contributed by atoms with Crippen LogP contribution in [0.4, 0.5) is 0 Å². The molecule has 0 bridgehead atoms. The molecule has 0 aromatic carbocycles. The first-order valence-electron chi connectivity index (χ1n) is 11.6. The Kier molecular flexibility index (Phi) is 8.92. The van der Waals surface area contributed by atoms with Crippen LogP contribution in [0.25, 0.3) is 0 Å². The van der Waals surface area contributed by atoms with Gasteiger partial charge in [0.15, 0.2) is 0 Å². The third kappa shape index (κ3) is 4.45. The second-order valence-electron chi connectivity index (χ2n) is 11.2. The molecule has 0 radical (unpaired) electrons. The predicted octanol–water partition coefficient (Wildman–Crippen LogP) is 8.35. The molecule has 0 aromatic heterocycles. The summed E-state index contributed by atoms with van der Waals surface area (Å²) in [7, 11) is 0. The van der Waals surface area contributed by atoms with Crippen LogP contribution in [0.1, 0.15) is 101 Å². The summed E-state index contributed by atoms with van der Waals surface area (Å²) in [6, 6.07) is 0. The van der Waals surface area contributed by atoms with Gasteiger partial charge >= 0.3 is 171 Å². The Hall–Kier alpha value is 1.05. The molecule has 1 fully saturated rings. The molecule has 0 aromatic rings. The van der Waals surface area contributed by atoms with Crippen LogP contribution in [0.5, 0.6) is 0 Å². The van der Waals surface area contributed by atoms with E-state index in [-0.39, 0.29) is 16.4 Å². The second-order valence-corrected chi connectivity index (χ2v) is 47.9. The molecule has 0 amide bonds. The SMILES string of the molecule is CC[CH2][Ge]1([CH2]CC)[CH2]CC(C(C)(C)C)(C(C)(C)C)[O][Ge]1([CH2]CC)[CH2]CC. The van der Waals surface area contributed by atoms with Gasteiger partial charge in [-0.05, 0) is 0 Å². The average molecular weight is 488 g/mol. The van der Waals surface area contributed by atoms with Crippen LogP contribution in [0.2, 0.25) is 26.3 Å². The first-order chi connectivity index (χ1) is 11.9. The van der Waals surface area contributed by atoms with Gasteiger partial charge in [-0.2, -0.15) is 0 Å². The molecular weight excluding hydrogens is 437 g/mol. The van der Waals surface area contributed by atoms with Gasteiger partial charge in [-0.3, -0.25) is 0 Å². The van der Waals surface area contributed by atoms with E-state index in [1.807, 2.05) is 0 Å². The number of rotatable bonds is 8. The van der Waals surface area contributed by atoms with Crippen molar-refractivity contribution in [3.8, 4) is 0 Å². The van der Waals surface area contributed by atoms with Gasteiger partial charge in [0, 0.05) is 0 Å². The summed E-state index contributed by atoms with van der Waals surface area (Å²) in [5.41, 5.74) is 0.507. The van der Waals surface area contributed by atoms with E-state index in [4.69, 9.17) is 3.76 Å². The van der Waals surface area contributed by atoms with Crippen molar-refractivity contribution < 1.29 is 3.76 Å². The van der Waals surface area contributed by atoms with E-state index in [0.29, 0.717) is 0 Å². The van der Waals surface area contributed by atoms with Crippen LogP contribution in [0.3, 0.4) is 0 Å². The summed E-state index contributed by atoms with van der Waals surface area (Å²) in [5, 5.41) is 7.77. The molecule has 1 aliphatic rings. The van der Waals surface area contributed by atoms with Gasteiger partial charge in [-0.1, -0.05) is 0 Å². The average Bonchev–Trinajstić information content (AvgIpc) is 2.49. The summed E-state index contributed by atoms with van der Waals surface area (Å²) in [4.78, 5) is 0. The monoisotopic (exact) mass is 490 g/mol. The van der Waals surface area contributed by atoms with Crippen molar-refractivity contribution in [2.24, 2.45) is 10.8 Å². The molecule has 3 heteroatoms. The van der Waals surface area contributed by atoms with Crippen LogP contribution in [-0.2, 0) is 3.76 Å². The molecule has 1 rings (SSSR count). The molecule has 26 heavy (non-hydrogen) atoms. The maximum atomic E-state index is 7.86. The van der Waals surface area contributed by atoms with Crippen molar-refractivity contribution in [3.63, 3.8) is 0 Å². The Morgan fingerprint density at radius 3 is 1.38 bits per heavy atom. The molecule has 1 saturated heterocycles. The first kappa shape index (κ1) is 25.1. The fraction of sp³-hybridized carbons (Fsp3) is 1.00. The molecule has 0 saturated carbocycles. The summed E-state index contributed by atoms with van der Waals surface area (Å²) >= 11 is -4.27. The van der Waals surface area contributed by atoms with Gasteiger partial charge in [0.2, 0.25) is 0 Å². The van der Waals surface area contributed by atoms with Crippen LogP contribution in [-0.4, -0.2) is 28.5 Å². The van der Waals surface area contributed by atoms with Gasteiger partial charge in [0.05, 0.1) is 0 Å². The standard InChI is InChI=1S/C23H50Ge2O/c1-11-16-24(17-12-2)20-15-23(21(5,6)7,22(8,9)10)26-25(24,18-13-3)19-14-4/h11-20H2,1-10H3. The van der Waals surface area contributed by atoms with Gasteiger partial charge in [-0.25, -0.2) is 0 Å². The molecule has 1 nitrogen and oxygen atoms in total. The minimum atomic E-state index is -2.34. The Morgan fingerprint density at radius 2 is 1.08 bits per heavy atom. The van der Waals surface area contributed by atoms with E-state index < -0.39 is 22.9 Å². The van der Waals surface area contributed by atoms with Crippen molar-refractivity contribution in [1.82, 2.24) is 0 Å². The molecule has 0 atom stereocenters. The Morgan fingerprint density at radius 1 is 0.692 bits per heavy atom. The van der Waals surface area contributed by atoms with E-state index in [1.54, 1.807) is 15.8 Å². The zero-order valence-electron chi connectivity index (χ0n) is 20.0. The Bertz CT molecular complexity index is 404. The fourth-order valence-electron chi connectivity index (χ4n) is 6.67. The van der Waals surface area contributed by atoms with Crippen LogP contribution in [0, 0.1) is 10.8 Å². The van der Waals surface area contributed by atoms with E-state index in [2.05, 4.69) is 69.2 Å². The van der Waals surface area contributed by atoms with E-state index in [1.165, 1.54) is 42.6 Å². The minimum absolute atomic E-state index is 0.0700. The summed E-state index contributed by atoms with van der Waals surface area (Å²) < 4.78 is 7.86. The van der Waals surface area contributed by atoms with E-state index >= 15 is 0 Å². The zero-order valence-corrected chi connectivity index (χ0v) is 24.2. The molecule has 1 aliphatic heterocycles. The number of hydrogen-bond acceptors (Lipinski definition) is 1. The summed E-state index contributed by atoms with van der Waals surface area (Å²) in [6.07, 6.45) is 6.85. The van der Waals surface area contributed by atoms with Crippen molar-refractivity contribution in [2.45, 2.75) is 133 Å². The van der Waals surface area contributed by atoms with Gasteiger partial charge in [0.1, 0.15) is 0 Å². The topological polar surface area (TPSA) is 9.23 Å². The molecule has 1 heterocycles. The molecule has 0 N–H and O–H groups in total. The fourth-order valence-corrected chi connectivity index (χ4v) is 69.8. The summed E-state index contributed by atoms with van der Waals surface area (Å²) in [6.45, 7) is 24.5. The molecule has 0 aliphatic carbocycles. The Balaban J connectivity index is 3.60. The first-order valence-corrected chi connectivity index (χ1v) is 26.4. The van der Waals surface area contributed by atoms with Crippen molar-refractivity contribution in [1.29, 1.82) is 0 Å². The van der Waals surface area contributed by atoms with Gasteiger partial charge in [-0.15, -0.1) is 0 Å². The molecule has 156 valence electrons. The molecular formula is C23H50Ge2O. The van der Waals surface area contributed by atoms with Crippen LogP contribution >= 0.6 is 0 Å². The molecule has 0 spiro atoms. The van der Waals surface area contributed by atoms with Crippen molar-refractivity contribution >= 4 is 22.9 Å². The van der Waals surface area contributed by atoms with E-state index in [0.717, 1.165) is 0 Å². The second kappa shape index (κ2) is 9.24. The summed E-state index contributed by atoms with van der Waals surface area (Å²) in [5.74, 6) is 0. The zero-order chi connectivity index (χ0) is 20.3. The normalized spacial score (nSPS) is 22.4. The van der Waals surface area contributed by atoms with E-state index in [9.17, 15) is 0 Å². The third-order valence-electron chi connectivity index (χ3n) is 7.48. The number of hydrogen-bond donors (Lipinski definition) is 0. The maximum absolute atomic E-state index is 7.86. The Labute approximate surface area is 170 Å². The van der Waals surface area contributed by atoms with Gasteiger partial charge < -0.3 is 0 Å². The van der Waals surface area contributed by atoms with Crippen molar-refractivity contribution in [3.05, 3.63) is 0 Å². The van der Waals surface area contributed by atoms with Crippen molar-refractivity contribution in [2.75, 3.05) is 0 Å². The van der Waals surface area contributed by atoms with Crippen LogP contribution in [0.15, 0.2) is 0 Å². The molecule has 0 unspecified atom stereocenters. The quantitative estimate of drug-likeness (QED) is 0.313. The third-order valence-corrected chi connectivity index (χ3v) is 63.0. The van der Waals surface area contributed by atoms with Gasteiger partial charge in [0.25, 0.3) is 0 Å².